The molecular weight excluding hydrogens is 468 g/mol. The Balaban J connectivity index is 2.05. The smallest absolute Gasteiger partial charge is 0.417 e. The molecule has 0 spiro atoms. The van der Waals surface area contributed by atoms with Crippen LogP contribution in [0.4, 0.5) is 0 Å². The van der Waals surface area contributed by atoms with Crippen LogP contribution in [-0.2, 0) is 47.6 Å². The van der Waals surface area contributed by atoms with Gasteiger partial charge in [-0.2, -0.15) is 0 Å². The van der Waals surface area contributed by atoms with Gasteiger partial charge in [0.05, 0.1) is 45.2 Å². The van der Waals surface area contributed by atoms with Crippen molar-refractivity contribution in [1.82, 2.24) is 0 Å². The number of ether oxygens (including phenoxy) is 6. The zero-order valence-corrected chi connectivity index (χ0v) is 20.5. The summed E-state index contributed by atoms with van der Waals surface area (Å²) in [6.45, 7) is 4.70. The lowest BCUT2D eigenvalue weighted by Gasteiger charge is -2.39. The first-order chi connectivity index (χ1) is 16.5. The molecule has 2 heterocycles. The summed E-state index contributed by atoms with van der Waals surface area (Å²) in [5.41, 5.74) is 0.483. The van der Waals surface area contributed by atoms with E-state index < -0.39 is 60.8 Å². The maximum atomic E-state index is 12.1. The van der Waals surface area contributed by atoms with Crippen molar-refractivity contribution >= 4 is 23.9 Å². The highest BCUT2D eigenvalue weighted by atomic mass is 16.6. The number of hydrogen-bond donors (Lipinski definition) is 2. The predicted octanol–water partition coefficient (Wildman–Crippen LogP) is -0.326. The third kappa shape index (κ3) is 8.27. The zero-order chi connectivity index (χ0) is 26.3. The number of aliphatic hydroxyl groups is 2. The SMILES string of the molecule is COC(=O)COC(=O)C=C(C)C[C@@H]1OC[C@H](C[C@@H]2O[C@H]2[C@@H](C)[C@H](C)O)[C@@H](OC(=O)C(=O)OC)[C@@H]1O. The van der Waals surface area contributed by atoms with E-state index in [1.165, 1.54) is 7.11 Å². The minimum Gasteiger partial charge on any atom is -0.466 e. The predicted molar refractivity (Wildman–Crippen MR) is 117 cm³/mol. The van der Waals surface area contributed by atoms with E-state index in [-0.39, 0.29) is 31.2 Å². The van der Waals surface area contributed by atoms with Crippen molar-refractivity contribution in [2.45, 2.75) is 70.2 Å². The summed E-state index contributed by atoms with van der Waals surface area (Å²) >= 11 is 0. The summed E-state index contributed by atoms with van der Waals surface area (Å²) in [5.74, 6) is -4.51. The second-order valence-electron chi connectivity index (χ2n) is 8.84. The topological polar surface area (TPSA) is 167 Å². The van der Waals surface area contributed by atoms with Gasteiger partial charge in [-0.05, 0) is 26.7 Å². The highest BCUT2D eigenvalue weighted by molar-refractivity contribution is 6.29. The van der Waals surface area contributed by atoms with E-state index in [0.717, 1.165) is 13.2 Å². The number of esters is 4. The molecule has 0 aliphatic carbocycles. The Morgan fingerprint density at radius 1 is 1.09 bits per heavy atom. The molecule has 2 fully saturated rings. The fourth-order valence-corrected chi connectivity index (χ4v) is 3.92. The maximum absolute atomic E-state index is 12.1. The number of epoxide rings is 1. The van der Waals surface area contributed by atoms with Gasteiger partial charge in [0.25, 0.3) is 0 Å². The van der Waals surface area contributed by atoms with Crippen LogP contribution in [0.25, 0.3) is 0 Å². The van der Waals surface area contributed by atoms with Crippen LogP contribution >= 0.6 is 0 Å². The van der Waals surface area contributed by atoms with Crippen LogP contribution in [0.3, 0.4) is 0 Å². The Bertz CT molecular complexity index is 806. The van der Waals surface area contributed by atoms with Crippen LogP contribution in [-0.4, -0.2) is 98.1 Å². The Morgan fingerprint density at radius 2 is 1.77 bits per heavy atom. The van der Waals surface area contributed by atoms with Crippen LogP contribution < -0.4 is 0 Å². The van der Waals surface area contributed by atoms with Crippen molar-refractivity contribution in [3.8, 4) is 0 Å². The number of methoxy groups -OCH3 is 2. The fourth-order valence-electron chi connectivity index (χ4n) is 3.92. The van der Waals surface area contributed by atoms with Crippen molar-refractivity contribution in [2.24, 2.45) is 11.8 Å². The number of rotatable bonds is 10. The highest BCUT2D eigenvalue weighted by Gasteiger charge is 2.50. The van der Waals surface area contributed by atoms with Gasteiger partial charge in [-0.3, -0.25) is 0 Å². The highest BCUT2D eigenvalue weighted by Crippen LogP contribution is 2.39. The third-order valence-electron chi connectivity index (χ3n) is 6.18. The molecule has 0 bridgehead atoms. The van der Waals surface area contributed by atoms with Crippen molar-refractivity contribution < 1.29 is 57.8 Å². The standard InChI is InChI=1S/C23H34O12/c1-11(7-17(25)33-10-18(26)30-4)6-15-19(27)21(35-23(29)22(28)31-5)14(9-32-15)8-16-20(34-16)12(2)13(3)24/h7,12-16,19-21,24,27H,6,8-10H2,1-5H3/t12-,13-,14-,15-,16-,19+,20-,21+/m0/s1. The van der Waals surface area contributed by atoms with Crippen LogP contribution in [0.1, 0.15) is 33.6 Å². The van der Waals surface area contributed by atoms with Crippen LogP contribution in [0.15, 0.2) is 11.6 Å². The Labute approximate surface area is 203 Å². The lowest BCUT2D eigenvalue weighted by atomic mass is 9.85. The summed E-state index contributed by atoms with van der Waals surface area (Å²) in [5, 5.41) is 20.7. The molecule has 0 radical (unpaired) electrons. The molecule has 0 amide bonds. The molecule has 2 aliphatic rings. The number of carbonyl (C=O) groups excluding carboxylic acids is 4. The summed E-state index contributed by atoms with van der Waals surface area (Å²) in [4.78, 5) is 46.7. The summed E-state index contributed by atoms with van der Waals surface area (Å²) in [7, 11) is 2.21. The summed E-state index contributed by atoms with van der Waals surface area (Å²) in [6, 6.07) is 0. The van der Waals surface area contributed by atoms with E-state index >= 15 is 0 Å². The molecule has 2 saturated heterocycles. The molecule has 2 N–H and O–H groups in total. The monoisotopic (exact) mass is 502 g/mol. The number of carbonyl (C=O) groups is 4. The molecule has 0 unspecified atom stereocenters. The first-order valence-corrected chi connectivity index (χ1v) is 11.3. The van der Waals surface area contributed by atoms with Gasteiger partial charge in [-0.15, -0.1) is 0 Å². The van der Waals surface area contributed by atoms with Gasteiger partial charge >= 0.3 is 23.9 Å². The normalized spacial score (nSPS) is 30.0. The first-order valence-electron chi connectivity index (χ1n) is 11.3. The number of hydrogen-bond acceptors (Lipinski definition) is 12. The molecule has 12 nitrogen and oxygen atoms in total. The molecule has 35 heavy (non-hydrogen) atoms. The quantitative estimate of drug-likeness (QED) is 0.131. The molecule has 12 heteroatoms. The van der Waals surface area contributed by atoms with E-state index in [1.807, 2.05) is 6.92 Å². The van der Waals surface area contributed by atoms with Crippen molar-refractivity contribution in [2.75, 3.05) is 27.4 Å². The molecule has 2 rings (SSSR count). The van der Waals surface area contributed by atoms with Crippen LogP contribution in [0.5, 0.6) is 0 Å². The third-order valence-corrected chi connectivity index (χ3v) is 6.18. The van der Waals surface area contributed by atoms with Crippen molar-refractivity contribution in [3.63, 3.8) is 0 Å². The molecule has 198 valence electrons. The van der Waals surface area contributed by atoms with E-state index in [2.05, 4.69) is 9.47 Å². The average Bonchev–Trinajstić information content (AvgIpc) is 3.58. The van der Waals surface area contributed by atoms with E-state index in [9.17, 15) is 29.4 Å². The Morgan fingerprint density at radius 3 is 2.37 bits per heavy atom. The van der Waals surface area contributed by atoms with Crippen LogP contribution in [0.2, 0.25) is 0 Å². The Kier molecular flexibility index (Phi) is 10.6. The summed E-state index contributed by atoms with van der Waals surface area (Å²) < 4.78 is 30.3. The minimum absolute atomic E-state index is 0.0924. The number of aliphatic hydroxyl groups excluding tert-OH is 2. The van der Waals surface area contributed by atoms with Gasteiger partial charge < -0.3 is 38.6 Å². The maximum Gasteiger partial charge on any atom is 0.417 e. The molecule has 0 saturated carbocycles. The van der Waals surface area contributed by atoms with Crippen molar-refractivity contribution in [1.29, 1.82) is 0 Å². The molecule has 0 aromatic heterocycles. The fraction of sp³-hybridized carbons (Fsp3) is 0.739. The van der Waals surface area contributed by atoms with Gasteiger partial charge in [0.15, 0.2) is 6.61 Å². The van der Waals surface area contributed by atoms with Crippen molar-refractivity contribution in [3.05, 3.63) is 11.6 Å². The lowest BCUT2D eigenvalue weighted by molar-refractivity contribution is -0.199. The first kappa shape index (κ1) is 28.7. The van der Waals surface area contributed by atoms with Gasteiger partial charge in [0.2, 0.25) is 0 Å². The second-order valence-corrected chi connectivity index (χ2v) is 8.84. The van der Waals surface area contributed by atoms with E-state index in [4.69, 9.17) is 18.9 Å². The van der Waals surface area contributed by atoms with Gasteiger partial charge in [0.1, 0.15) is 12.2 Å². The van der Waals surface area contributed by atoms with Gasteiger partial charge in [0, 0.05) is 17.9 Å². The van der Waals surface area contributed by atoms with Gasteiger partial charge in [-0.25, -0.2) is 19.2 Å². The molecular formula is C23H34O12. The Hall–Kier alpha value is -2.54. The van der Waals surface area contributed by atoms with Crippen LogP contribution in [0, 0.1) is 11.8 Å². The molecule has 2 aliphatic heterocycles. The van der Waals surface area contributed by atoms with Gasteiger partial charge in [-0.1, -0.05) is 12.5 Å². The second kappa shape index (κ2) is 13.0. The van der Waals surface area contributed by atoms with E-state index in [0.29, 0.717) is 12.0 Å². The molecule has 0 aromatic carbocycles. The average molecular weight is 503 g/mol. The largest absolute Gasteiger partial charge is 0.466 e. The zero-order valence-electron chi connectivity index (χ0n) is 20.5. The summed E-state index contributed by atoms with van der Waals surface area (Å²) in [6.07, 6.45) is -2.60. The lowest BCUT2D eigenvalue weighted by Crippen LogP contribution is -2.53. The molecule has 0 aromatic rings. The molecule has 8 atom stereocenters. The minimum atomic E-state index is -1.32. The van der Waals surface area contributed by atoms with E-state index in [1.54, 1.807) is 13.8 Å².